The molecule has 1 aliphatic rings. The van der Waals surface area contributed by atoms with Crippen molar-refractivity contribution >= 4 is 5.97 Å². The molecule has 0 aromatic carbocycles. The lowest BCUT2D eigenvalue weighted by Crippen LogP contribution is -2.45. The first-order chi connectivity index (χ1) is 7.09. The van der Waals surface area contributed by atoms with Crippen LogP contribution in [0.1, 0.15) is 26.7 Å². The highest BCUT2D eigenvalue weighted by molar-refractivity contribution is 5.69. The highest BCUT2D eigenvalue weighted by atomic mass is 16.5. The van der Waals surface area contributed by atoms with E-state index in [1.807, 2.05) is 4.90 Å². The van der Waals surface area contributed by atoms with Gasteiger partial charge < -0.3 is 9.84 Å². The van der Waals surface area contributed by atoms with E-state index in [9.17, 15) is 4.79 Å². The van der Waals surface area contributed by atoms with Crippen molar-refractivity contribution in [2.24, 2.45) is 5.92 Å². The van der Waals surface area contributed by atoms with Gasteiger partial charge in [0.25, 0.3) is 0 Å². The number of nitrogens with zero attached hydrogens (tertiary/aromatic N) is 1. The first kappa shape index (κ1) is 12.5. The van der Waals surface area contributed by atoms with Gasteiger partial charge >= 0.3 is 5.97 Å². The van der Waals surface area contributed by atoms with Gasteiger partial charge in [-0.25, -0.2) is 0 Å². The summed E-state index contributed by atoms with van der Waals surface area (Å²) in [7, 11) is 0. The van der Waals surface area contributed by atoms with Crippen LogP contribution in [0.5, 0.6) is 0 Å². The van der Waals surface area contributed by atoms with E-state index in [1.165, 1.54) is 0 Å². The molecule has 1 unspecified atom stereocenters. The fourth-order valence-corrected chi connectivity index (χ4v) is 2.00. The van der Waals surface area contributed by atoms with E-state index < -0.39 is 5.97 Å². The summed E-state index contributed by atoms with van der Waals surface area (Å²) in [5, 5.41) is 8.84. The van der Waals surface area contributed by atoms with E-state index in [2.05, 4.69) is 13.8 Å². The summed E-state index contributed by atoms with van der Waals surface area (Å²) in [6, 6.07) is 0.289. The molecule has 1 rings (SSSR count). The third-order valence-corrected chi connectivity index (χ3v) is 2.59. The van der Waals surface area contributed by atoms with Crippen LogP contribution >= 0.6 is 0 Å². The molecule has 0 radical (unpaired) electrons. The first-order valence-corrected chi connectivity index (χ1v) is 5.63. The Bertz CT molecular complexity index is 200. The van der Waals surface area contributed by atoms with Crippen LogP contribution in [0.3, 0.4) is 0 Å². The summed E-state index contributed by atoms with van der Waals surface area (Å²) in [6.07, 6.45) is 2.10. The number of ether oxygens (including phenoxy) is 1. The molecule has 0 spiro atoms. The topological polar surface area (TPSA) is 49.8 Å². The molecule has 1 N–H and O–H groups in total. The highest BCUT2D eigenvalue weighted by Gasteiger charge is 2.23. The first-order valence-electron chi connectivity index (χ1n) is 5.63. The van der Waals surface area contributed by atoms with Crippen molar-refractivity contribution in [2.45, 2.75) is 32.7 Å². The van der Waals surface area contributed by atoms with Crippen LogP contribution in [0.15, 0.2) is 0 Å². The molecule has 0 aliphatic carbocycles. The molecule has 15 heavy (non-hydrogen) atoms. The minimum absolute atomic E-state index is 0.131. The summed E-state index contributed by atoms with van der Waals surface area (Å²) >= 11 is 0. The third kappa shape index (κ3) is 4.62. The molecule has 1 aliphatic heterocycles. The lowest BCUT2D eigenvalue weighted by atomic mass is 10.1. The van der Waals surface area contributed by atoms with Gasteiger partial charge in [0, 0.05) is 19.2 Å². The predicted molar refractivity (Wildman–Crippen MR) is 57.9 cm³/mol. The largest absolute Gasteiger partial charge is 0.480 e. The SMILES string of the molecule is CC(C)CN(CC(=O)O)C1CCCOC1. The van der Waals surface area contributed by atoms with Gasteiger partial charge in [-0.15, -0.1) is 0 Å². The van der Waals surface area contributed by atoms with Gasteiger partial charge in [-0.3, -0.25) is 9.69 Å². The van der Waals surface area contributed by atoms with Crippen LogP contribution in [0.25, 0.3) is 0 Å². The number of hydrogen-bond acceptors (Lipinski definition) is 3. The van der Waals surface area contributed by atoms with Crippen LogP contribution in [0, 0.1) is 5.92 Å². The summed E-state index contributed by atoms with van der Waals surface area (Å²) in [6.45, 7) is 6.68. The molecule has 1 heterocycles. The second-order valence-corrected chi connectivity index (χ2v) is 4.59. The van der Waals surface area contributed by atoms with Crippen LogP contribution in [-0.4, -0.2) is 48.3 Å². The second-order valence-electron chi connectivity index (χ2n) is 4.59. The number of hydrogen-bond donors (Lipinski definition) is 1. The Balaban J connectivity index is 2.48. The Kier molecular flexibility index (Phi) is 5.05. The number of carbonyl (C=O) groups is 1. The summed E-state index contributed by atoms with van der Waals surface area (Å²) in [5.74, 6) is -0.257. The van der Waals surface area contributed by atoms with Gasteiger partial charge in [0.2, 0.25) is 0 Å². The normalized spacial score (nSPS) is 22.3. The van der Waals surface area contributed by atoms with Crippen molar-refractivity contribution < 1.29 is 14.6 Å². The Morgan fingerprint density at radius 2 is 2.33 bits per heavy atom. The van der Waals surface area contributed by atoms with Gasteiger partial charge in [0.05, 0.1) is 13.2 Å². The zero-order valence-electron chi connectivity index (χ0n) is 9.61. The minimum Gasteiger partial charge on any atom is -0.480 e. The lowest BCUT2D eigenvalue weighted by Gasteiger charge is -2.34. The van der Waals surface area contributed by atoms with E-state index >= 15 is 0 Å². The van der Waals surface area contributed by atoms with Crippen molar-refractivity contribution in [1.29, 1.82) is 0 Å². The highest BCUT2D eigenvalue weighted by Crippen LogP contribution is 2.14. The maximum absolute atomic E-state index is 10.8. The van der Waals surface area contributed by atoms with Crippen LogP contribution in [0.4, 0.5) is 0 Å². The quantitative estimate of drug-likeness (QED) is 0.749. The van der Waals surface area contributed by atoms with Gasteiger partial charge in [-0.05, 0) is 18.8 Å². The Morgan fingerprint density at radius 3 is 2.80 bits per heavy atom. The molecule has 1 atom stereocenters. The Labute approximate surface area is 91.2 Å². The molecule has 1 saturated heterocycles. The van der Waals surface area contributed by atoms with E-state index in [0.717, 1.165) is 26.0 Å². The van der Waals surface area contributed by atoms with Crippen LogP contribution in [0.2, 0.25) is 0 Å². The maximum Gasteiger partial charge on any atom is 0.317 e. The Hall–Kier alpha value is -0.610. The molecule has 0 bridgehead atoms. The second kappa shape index (κ2) is 6.08. The maximum atomic E-state index is 10.8. The molecule has 88 valence electrons. The van der Waals surface area contributed by atoms with Crippen molar-refractivity contribution in [3.05, 3.63) is 0 Å². The van der Waals surface area contributed by atoms with Gasteiger partial charge in [0.15, 0.2) is 0 Å². The molecule has 0 aromatic rings. The number of aliphatic carboxylic acids is 1. The van der Waals surface area contributed by atoms with Gasteiger partial charge in [-0.1, -0.05) is 13.8 Å². The molecule has 4 heteroatoms. The average Bonchev–Trinajstić information content (AvgIpc) is 2.17. The van der Waals surface area contributed by atoms with Crippen molar-refractivity contribution in [3.8, 4) is 0 Å². The van der Waals surface area contributed by atoms with Crippen molar-refractivity contribution in [2.75, 3.05) is 26.3 Å². The zero-order valence-corrected chi connectivity index (χ0v) is 9.61. The zero-order chi connectivity index (χ0) is 11.3. The molecular formula is C11H21NO3. The van der Waals surface area contributed by atoms with Gasteiger partial charge in [-0.2, -0.15) is 0 Å². The predicted octanol–water partition coefficient (Wildman–Crippen LogP) is 1.21. The molecule has 0 saturated carbocycles. The van der Waals surface area contributed by atoms with E-state index in [1.54, 1.807) is 0 Å². The van der Waals surface area contributed by atoms with E-state index in [0.29, 0.717) is 12.5 Å². The monoisotopic (exact) mass is 215 g/mol. The smallest absolute Gasteiger partial charge is 0.317 e. The fourth-order valence-electron chi connectivity index (χ4n) is 2.00. The third-order valence-electron chi connectivity index (χ3n) is 2.59. The fraction of sp³-hybridized carbons (Fsp3) is 0.909. The summed E-state index contributed by atoms with van der Waals surface area (Å²) in [5.41, 5.74) is 0. The van der Waals surface area contributed by atoms with E-state index in [-0.39, 0.29) is 12.6 Å². The lowest BCUT2D eigenvalue weighted by molar-refractivity contribution is -0.139. The van der Waals surface area contributed by atoms with E-state index in [4.69, 9.17) is 9.84 Å². The molecule has 1 fully saturated rings. The average molecular weight is 215 g/mol. The minimum atomic E-state index is -0.749. The molecular weight excluding hydrogens is 194 g/mol. The molecule has 4 nitrogen and oxygen atoms in total. The van der Waals surface area contributed by atoms with Crippen LogP contribution < -0.4 is 0 Å². The summed E-state index contributed by atoms with van der Waals surface area (Å²) < 4.78 is 5.39. The standard InChI is InChI=1S/C11H21NO3/c1-9(2)6-12(7-11(13)14)10-4-3-5-15-8-10/h9-10H,3-8H2,1-2H3,(H,13,14). The van der Waals surface area contributed by atoms with Crippen molar-refractivity contribution in [3.63, 3.8) is 0 Å². The molecule has 0 aromatic heterocycles. The number of rotatable bonds is 5. The Morgan fingerprint density at radius 1 is 1.60 bits per heavy atom. The van der Waals surface area contributed by atoms with Crippen LogP contribution in [-0.2, 0) is 9.53 Å². The molecule has 0 amide bonds. The number of carboxylic acid groups (broad SMARTS) is 1. The summed E-state index contributed by atoms with van der Waals surface area (Å²) in [4.78, 5) is 12.8. The van der Waals surface area contributed by atoms with Gasteiger partial charge in [0.1, 0.15) is 0 Å². The van der Waals surface area contributed by atoms with Crippen molar-refractivity contribution in [1.82, 2.24) is 4.90 Å². The number of carboxylic acids is 1.